The van der Waals surface area contributed by atoms with Crippen molar-refractivity contribution < 1.29 is 0 Å². The first kappa shape index (κ1) is 11.3. The van der Waals surface area contributed by atoms with E-state index in [1.54, 1.807) is 13.1 Å². The molecule has 2 aromatic heterocycles. The average molecular weight is 231 g/mol. The topological polar surface area (TPSA) is 67.8 Å². The Balaban J connectivity index is 2.40. The summed E-state index contributed by atoms with van der Waals surface area (Å²) in [5, 5.41) is 0. The first-order chi connectivity index (χ1) is 8.06. The normalized spacial score (nSPS) is 10.5. The van der Waals surface area contributed by atoms with Gasteiger partial charge in [0.15, 0.2) is 0 Å². The van der Waals surface area contributed by atoms with Crippen molar-refractivity contribution in [1.29, 1.82) is 0 Å². The van der Waals surface area contributed by atoms with Crippen molar-refractivity contribution in [1.82, 2.24) is 14.5 Å². The molecule has 0 saturated carbocycles. The Morgan fingerprint density at radius 3 is 2.76 bits per heavy atom. The van der Waals surface area contributed by atoms with Gasteiger partial charge in [-0.2, -0.15) is 0 Å². The molecule has 0 spiro atoms. The summed E-state index contributed by atoms with van der Waals surface area (Å²) in [6.07, 6.45) is 1.55. The van der Waals surface area contributed by atoms with Gasteiger partial charge in [-0.05, 0) is 26.0 Å². The summed E-state index contributed by atoms with van der Waals surface area (Å²) >= 11 is 0. The lowest BCUT2D eigenvalue weighted by Gasteiger charge is -2.05. The molecule has 2 rings (SSSR count). The Bertz CT molecular complexity index is 655. The quantitative estimate of drug-likeness (QED) is 0.822. The van der Waals surface area contributed by atoms with Gasteiger partial charge < -0.3 is 0 Å². The summed E-state index contributed by atoms with van der Waals surface area (Å²) in [4.78, 5) is 29.4. The van der Waals surface area contributed by atoms with Gasteiger partial charge in [0.2, 0.25) is 0 Å². The second-order valence-electron chi connectivity index (χ2n) is 3.97. The number of H-pyrrole nitrogens is 1. The Kier molecular flexibility index (Phi) is 2.91. The molecule has 0 aliphatic rings. The highest BCUT2D eigenvalue weighted by Crippen LogP contribution is 1.99. The SMILES string of the molecule is Cc1cccc(Cn2cc(C)c(=O)[nH]c2=O)n1. The standard InChI is InChI=1S/C12H13N3O2/c1-8-6-15(12(17)14-11(8)16)7-10-5-3-4-9(2)13-10/h3-6H,7H2,1-2H3,(H,14,16,17). The highest BCUT2D eigenvalue weighted by molar-refractivity contribution is 5.11. The van der Waals surface area contributed by atoms with Crippen molar-refractivity contribution in [3.05, 3.63) is 62.2 Å². The summed E-state index contributed by atoms with van der Waals surface area (Å²) in [7, 11) is 0. The Morgan fingerprint density at radius 1 is 1.29 bits per heavy atom. The zero-order valence-corrected chi connectivity index (χ0v) is 9.73. The van der Waals surface area contributed by atoms with Gasteiger partial charge in [0.1, 0.15) is 0 Å². The van der Waals surface area contributed by atoms with E-state index in [2.05, 4.69) is 9.97 Å². The lowest BCUT2D eigenvalue weighted by Crippen LogP contribution is -2.31. The fourth-order valence-electron chi connectivity index (χ4n) is 1.60. The molecule has 0 atom stereocenters. The molecule has 2 heterocycles. The molecule has 17 heavy (non-hydrogen) atoms. The molecule has 5 nitrogen and oxygen atoms in total. The third-order valence-corrected chi connectivity index (χ3v) is 2.47. The first-order valence-corrected chi connectivity index (χ1v) is 5.29. The van der Waals surface area contributed by atoms with Crippen molar-refractivity contribution in [3.63, 3.8) is 0 Å². The van der Waals surface area contributed by atoms with Crippen molar-refractivity contribution in [2.24, 2.45) is 0 Å². The maximum absolute atomic E-state index is 11.6. The van der Waals surface area contributed by atoms with Crippen LogP contribution in [0.3, 0.4) is 0 Å². The van der Waals surface area contributed by atoms with E-state index in [4.69, 9.17) is 0 Å². The number of rotatable bonds is 2. The van der Waals surface area contributed by atoms with Gasteiger partial charge >= 0.3 is 5.69 Å². The van der Waals surface area contributed by atoms with Crippen molar-refractivity contribution in [2.75, 3.05) is 0 Å². The minimum absolute atomic E-state index is 0.344. The molecule has 0 amide bonds. The molecule has 0 radical (unpaired) electrons. The monoisotopic (exact) mass is 231 g/mol. The van der Waals surface area contributed by atoms with Gasteiger partial charge in [-0.3, -0.25) is 19.3 Å². The van der Waals surface area contributed by atoms with Crippen molar-refractivity contribution >= 4 is 0 Å². The van der Waals surface area contributed by atoms with Crippen LogP contribution in [-0.2, 0) is 6.54 Å². The van der Waals surface area contributed by atoms with E-state index in [0.717, 1.165) is 11.4 Å². The van der Waals surface area contributed by atoms with E-state index in [9.17, 15) is 9.59 Å². The smallest absolute Gasteiger partial charge is 0.294 e. The number of nitrogens with one attached hydrogen (secondary N) is 1. The van der Waals surface area contributed by atoms with E-state index in [0.29, 0.717) is 12.1 Å². The molecule has 0 aliphatic carbocycles. The molecule has 88 valence electrons. The molecule has 1 N–H and O–H groups in total. The molecule has 2 aromatic rings. The fourth-order valence-corrected chi connectivity index (χ4v) is 1.60. The number of nitrogens with zero attached hydrogens (tertiary/aromatic N) is 2. The van der Waals surface area contributed by atoms with Crippen LogP contribution in [0.2, 0.25) is 0 Å². The zero-order chi connectivity index (χ0) is 12.4. The van der Waals surface area contributed by atoms with Crippen LogP contribution in [0.1, 0.15) is 17.0 Å². The third-order valence-electron chi connectivity index (χ3n) is 2.47. The van der Waals surface area contributed by atoms with Crippen LogP contribution in [-0.4, -0.2) is 14.5 Å². The minimum Gasteiger partial charge on any atom is -0.294 e. The number of pyridine rings is 1. The summed E-state index contributed by atoms with van der Waals surface area (Å²) in [6, 6.07) is 5.63. The molecule has 0 saturated heterocycles. The predicted octanol–water partition coefficient (Wildman–Crippen LogP) is 0.597. The maximum atomic E-state index is 11.6. The highest BCUT2D eigenvalue weighted by Gasteiger charge is 2.02. The van der Waals surface area contributed by atoms with Crippen LogP contribution in [0.5, 0.6) is 0 Å². The van der Waals surface area contributed by atoms with E-state index in [-0.39, 0.29) is 5.56 Å². The van der Waals surface area contributed by atoms with Crippen LogP contribution >= 0.6 is 0 Å². The number of hydrogen-bond acceptors (Lipinski definition) is 3. The molecule has 0 aromatic carbocycles. The lowest BCUT2D eigenvalue weighted by atomic mass is 10.3. The van der Waals surface area contributed by atoms with Gasteiger partial charge in [0.05, 0.1) is 12.2 Å². The number of aromatic nitrogens is 3. The van der Waals surface area contributed by atoms with Crippen molar-refractivity contribution in [2.45, 2.75) is 20.4 Å². The Morgan fingerprint density at radius 2 is 2.06 bits per heavy atom. The average Bonchev–Trinajstić information content (AvgIpc) is 2.26. The molecule has 0 aliphatic heterocycles. The van der Waals surface area contributed by atoms with Gasteiger partial charge in [-0.25, -0.2) is 4.79 Å². The summed E-state index contributed by atoms with van der Waals surface area (Å²) in [6.45, 7) is 3.92. The highest BCUT2D eigenvalue weighted by atomic mass is 16.2. The Labute approximate surface area is 97.8 Å². The molecular formula is C12H13N3O2. The molecular weight excluding hydrogens is 218 g/mol. The molecule has 0 unspecified atom stereocenters. The number of aryl methyl sites for hydroxylation is 2. The second kappa shape index (κ2) is 4.37. The van der Waals surface area contributed by atoms with Gasteiger partial charge in [0, 0.05) is 17.5 Å². The van der Waals surface area contributed by atoms with Crippen LogP contribution in [0.25, 0.3) is 0 Å². The van der Waals surface area contributed by atoms with Crippen molar-refractivity contribution in [3.8, 4) is 0 Å². The predicted molar refractivity (Wildman–Crippen MR) is 64.1 cm³/mol. The largest absolute Gasteiger partial charge is 0.328 e. The minimum atomic E-state index is -0.413. The van der Waals surface area contributed by atoms with E-state index < -0.39 is 5.69 Å². The first-order valence-electron chi connectivity index (χ1n) is 5.29. The Hall–Kier alpha value is -2.17. The van der Waals surface area contributed by atoms with E-state index in [1.807, 2.05) is 25.1 Å². The second-order valence-corrected chi connectivity index (χ2v) is 3.97. The molecule has 0 fully saturated rings. The fraction of sp³-hybridized carbons (Fsp3) is 0.250. The molecule has 0 bridgehead atoms. The number of aromatic amines is 1. The summed E-state index contributed by atoms with van der Waals surface area (Å²) in [5.74, 6) is 0. The summed E-state index contributed by atoms with van der Waals surface area (Å²) < 4.78 is 1.44. The zero-order valence-electron chi connectivity index (χ0n) is 9.73. The van der Waals surface area contributed by atoms with Gasteiger partial charge in [0.25, 0.3) is 5.56 Å². The lowest BCUT2D eigenvalue weighted by molar-refractivity contribution is 0.697. The van der Waals surface area contributed by atoms with Crippen LogP contribution < -0.4 is 11.2 Å². The molecule has 5 heteroatoms. The third kappa shape index (κ3) is 2.50. The number of hydrogen-bond donors (Lipinski definition) is 1. The van der Waals surface area contributed by atoms with E-state index in [1.165, 1.54) is 4.57 Å². The van der Waals surface area contributed by atoms with Crippen LogP contribution in [0, 0.1) is 13.8 Å². The van der Waals surface area contributed by atoms with Crippen LogP contribution in [0.4, 0.5) is 0 Å². The van der Waals surface area contributed by atoms with Gasteiger partial charge in [-0.15, -0.1) is 0 Å². The summed E-state index contributed by atoms with van der Waals surface area (Å²) in [5.41, 5.74) is 1.44. The van der Waals surface area contributed by atoms with Gasteiger partial charge in [-0.1, -0.05) is 6.07 Å². The maximum Gasteiger partial charge on any atom is 0.328 e. The van der Waals surface area contributed by atoms with Crippen LogP contribution in [0.15, 0.2) is 34.0 Å². The van der Waals surface area contributed by atoms with E-state index >= 15 is 0 Å².